The molecule has 0 aliphatic carbocycles. The fraction of sp³-hybridized carbons (Fsp3) is 1.00. The molecule has 2 heterocycles. The summed E-state index contributed by atoms with van der Waals surface area (Å²) in [5.41, 5.74) is 0. The van der Waals surface area contributed by atoms with E-state index in [1.165, 1.54) is 6.42 Å². The minimum absolute atomic E-state index is 0.217. The first-order valence-electron chi connectivity index (χ1n) is 11.0. The Morgan fingerprint density at radius 2 is 1.45 bits per heavy atom. The Morgan fingerprint density at radius 1 is 0.806 bits per heavy atom. The largest absolute Gasteiger partial charge is 0.394 e. The van der Waals surface area contributed by atoms with Crippen LogP contribution in [0.1, 0.15) is 45.4 Å². The normalized spacial score (nSPS) is 41.0. The Morgan fingerprint density at radius 3 is 2.06 bits per heavy atom. The molecule has 0 bridgehead atoms. The minimum Gasteiger partial charge on any atom is -0.394 e. The van der Waals surface area contributed by atoms with Crippen molar-refractivity contribution >= 4 is 0 Å². The SMILES string of the molecule is CCCCCCCCO[C@]1(CO)O[C@H](CO)[C@@H](O[C@@H]2O[C@H](CO)[C@H](O)[C@H](O)[C@H]2O)[C@@H]1O. The molecule has 184 valence electrons. The van der Waals surface area contributed by atoms with Crippen LogP contribution in [-0.2, 0) is 18.9 Å². The minimum atomic E-state index is -1.82. The highest BCUT2D eigenvalue weighted by molar-refractivity contribution is 4.99. The summed E-state index contributed by atoms with van der Waals surface area (Å²) in [7, 11) is 0. The molecule has 0 radical (unpaired) electrons. The van der Waals surface area contributed by atoms with Crippen molar-refractivity contribution in [1.82, 2.24) is 0 Å². The van der Waals surface area contributed by atoms with Gasteiger partial charge in [-0.3, -0.25) is 0 Å². The molecule has 0 aromatic rings. The molecule has 2 saturated heterocycles. The highest BCUT2D eigenvalue weighted by atomic mass is 16.8. The second kappa shape index (κ2) is 12.7. The molecule has 0 aromatic heterocycles. The quantitative estimate of drug-likeness (QED) is 0.153. The maximum Gasteiger partial charge on any atom is 0.221 e. The summed E-state index contributed by atoms with van der Waals surface area (Å²) in [5.74, 6) is -1.82. The van der Waals surface area contributed by atoms with E-state index in [-0.39, 0.29) is 6.61 Å². The number of hydrogen-bond donors (Lipinski definition) is 7. The number of aliphatic hydroxyl groups is 7. The van der Waals surface area contributed by atoms with E-state index < -0.39 is 74.6 Å². The lowest BCUT2D eigenvalue weighted by molar-refractivity contribution is -0.319. The second-order valence-corrected chi connectivity index (χ2v) is 8.17. The van der Waals surface area contributed by atoms with Crippen LogP contribution >= 0.6 is 0 Å². The third-order valence-electron chi connectivity index (χ3n) is 5.86. The topological polar surface area (TPSA) is 179 Å². The summed E-state index contributed by atoms with van der Waals surface area (Å²) in [4.78, 5) is 0. The zero-order valence-corrected chi connectivity index (χ0v) is 18.0. The van der Waals surface area contributed by atoms with Crippen LogP contribution in [0, 0.1) is 0 Å². The van der Waals surface area contributed by atoms with E-state index in [1.54, 1.807) is 0 Å². The van der Waals surface area contributed by atoms with Gasteiger partial charge in [-0.2, -0.15) is 0 Å². The number of ether oxygens (including phenoxy) is 4. The van der Waals surface area contributed by atoms with E-state index in [2.05, 4.69) is 6.92 Å². The summed E-state index contributed by atoms with van der Waals surface area (Å²) in [6.07, 6.45) is -5.44. The average Bonchev–Trinajstić information content (AvgIpc) is 3.04. The molecule has 11 heteroatoms. The Hall–Kier alpha value is -0.440. The zero-order valence-electron chi connectivity index (χ0n) is 18.0. The molecule has 2 aliphatic heterocycles. The summed E-state index contributed by atoms with van der Waals surface area (Å²) in [6.45, 7) is 0.429. The highest BCUT2D eigenvalue weighted by Gasteiger charge is 2.58. The monoisotopic (exact) mass is 454 g/mol. The lowest BCUT2D eigenvalue weighted by Gasteiger charge is -2.41. The Balaban J connectivity index is 1.98. The summed E-state index contributed by atoms with van der Waals surface area (Å²) in [5, 5.41) is 69.6. The van der Waals surface area contributed by atoms with Gasteiger partial charge in [0.05, 0.1) is 19.8 Å². The standard InChI is InChI=1S/C20H38O11/c1-2-3-4-5-6-7-8-28-20(11-23)18(27)17(13(10-22)31-20)30-19-16(26)15(25)14(24)12(9-21)29-19/h12-19,21-27H,2-11H2,1H3/t12-,13-,14+,15+,16-,17-,18+,19+,20-/m1/s1. The van der Waals surface area contributed by atoms with Crippen molar-refractivity contribution < 1.29 is 54.7 Å². The number of aliphatic hydroxyl groups excluding tert-OH is 7. The van der Waals surface area contributed by atoms with Gasteiger partial charge < -0.3 is 54.7 Å². The smallest absolute Gasteiger partial charge is 0.221 e. The van der Waals surface area contributed by atoms with Crippen molar-refractivity contribution in [2.45, 2.75) is 100 Å². The maximum atomic E-state index is 10.8. The molecule has 0 spiro atoms. The first-order valence-corrected chi connectivity index (χ1v) is 11.0. The third kappa shape index (κ3) is 6.33. The van der Waals surface area contributed by atoms with Crippen molar-refractivity contribution in [2.75, 3.05) is 26.4 Å². The van der Waals surface area contributed by atoms with Crippen LogP contribution in [0.25, 0.3) is 0 Å². The van der Waals surface area contributed by atoms with Crippen LogP contribution < -0.4 is 0 Å². The van der Waals surface area contributed by atoms with E-state index in [9.17, 15) is 35.7 Å². The van der Waals surface area contributed by atoms with Gasteiger partial charge in [-0.05, 0) is 6.42 Å². The van der Waals surface area contributed by atoms with Crippen LogP contribution in [0.2, 0.25) is 0 Å². The van der Waals surface area contributed by atoms with Crippen molar-refractivity contribution in [3.8, 4) is 0 Å². The fourth-order valence-corrected chi connectivity index (χ4v) is 3.91. The van der Waals surface area contributed by atoms with Crippen molar-refractivity contribution in [2.24, 2.45) is 0 Å². The first-order chi connectivity index (χ1) is 14.8. The second-order valence-electron chi connectivity index (χ2n) is 8.17. The lowest BCUT2D eigenvalue weighted by atomic mass is 9.99. The Kier molecular flexibility index (Phi) is 11.0. The summed E-state index contributed by atoms with van der Waals surface area (Å²) >= 11 is 0. The van der Waals surface area contributed by atoms with E-state index in [1.807, 2.05) is 0 Å². The number of hydrogen-bond acceptors (Lipinski definition) is 11. The molecular formula is C20H38O11. The highest BCUT2D eigenvalue weighted by Crippen LogP contribution is 2.36. The van der Waals surface area contributed by atoms with Crippen LogP contribution in [-0.4, -0.2) is 117 Å². The van der Waals surface area contributed by atoms with E-state index in [0.717, 1.165) is 25.7 Å². The molecule has 0 aromatic carbocycles. The van der Waals surface area contributed by atoms with Gasteiger partial charge in [-0.15, -0.1) is 0 Å². The van der Waals surface area contributed by atoms with Crippen molar-refractivity contribution in [3.05, 3.63) is 0 Å². The van der Waals surface area contributed by atoms with Crippen LogP contribution in [0.15, 0.2) is 0 Å². The third-order valence-corrected chi connectivity index (χ3v) is 5.86. The lowest BCUT2D eigenvalue weighted by Crippen LogP contribution is -2.61. The predicted molar refractivity (Wildman–Crippen MR) is 106 cm³/mol. The van der Waals surface area contributed by atoms with Gasteiger partial charge in [0, 0.05) is 0 Å². The van der Waals surface area contributed by atoms with Gasteiger partial charge in [0.25, 0.3) is 0 Å². The predicted octanol–water partition coefficient (Wildman–Crippen LogP) is -2.01. The van der Waals surface area contributed by atoms with Crippen molar-refractivity contribution in [3.63, 3.8) is 0 Å². The Labute approximate surface area is 182 Å². The van der Waals surface area contributed by atoms with Gasteiger partial charge in [-0.1, -0.05) is 39.0 Å². The molecule has 0 saturated carbocycles. The van der Waals surface area contributed by atoms with E-state index in [4.69, 9.17) is 18.9 Å². The summed E-state index contributed by atoms with van der Waals surface area (Å²) in [6, 6.07) is 0. The van der Waals surface area contributed by atoms with Crippen molar-refractivity contribution in [1.29, 1.82) is 0 Å². The molecular weight excluding hydrogens is 416 g/mol. The van der Waals surface area contributed by atoms with Gasteiger partial charge in [0.1, 0.15) is 49.3 Å². The van der Waals surface area contributed by atoms with Crippen LogP contribution in [0.5, 0.6) is 0 Å². The molecule has 11 nitrogen and oxygen atoms in total. The molecule has 2 fully saturated rings. The molecule has 7 N–H and O–H groups in total. The fourth-order valence-electron chi connectivity index (χ4n) is 3.91. The van der Waals surface area contributed by atoms with Gasteiger partial charge in [-0.25, -0.2) is 0 Å². The molecule has 2 rings (SSSR count). The summed E-state index contributed by atoms with van der Waals surface area (Å²) < 4.78 is 22.1. The van der Waals surface area contributed by atoms with Gasteiger partial charge in [0.15, 0.2) is 6.29 Å². The van der Waals surface area contributed by atoms with Gasteiger partial charge in [0.2, 0.25) is 5.79 Å². The molecule has 31 heavy (non-hydrogen) atoms. The molecule has 0 amide bonds. The van der Waals surface area contributed by atoms with Crippen LogP contribution in [0.3, 0.4) is 0 Å². The molecule has 0 unspecified atom stereocenters. The molecule has 2 aliphatic rings. The number of unbranched alkanes of at least 4 members (excludes halogenated alkanes) is 5. The Bertz CT molecular complexity index is 508. The average molecular weight is 455 g/mol. The van der Waals surface area contributed by atoms with Crippen LogP contribution in [0.4, 0.5) is 0 Å². The zero-order chi connectivity index (χ0) is 23.0. The van der Waals surface area contributed by atoms with Gasteiger partial charge >= 0.3 is 0 Å². The molecule has 9 atom stereocenters. The van der Waals surface area contributed by atoms with E-state index in [0.29, 0.717) is 6.42 Å². The number of rotatable bonds is 13. The maximum absolute atomic E-state index is 10.8. The first kappa shape index (κ1) is 26.8. The van der Waals surface area contributed by atoms with E-state index >= 15 is 0 Å².